The number of hydrogen-bond donors (Lipinski definition) is 1. The summed E-state index contributed by atoms with van der Waals surface area (Å²) in [6.07, 6.45) is 0. The fourth-order valence-electron chi connectivity index (χ4n) is 2.30. The molecule has 0 radical (unpaired) electrons. The van der Waals surface area contributed by atoms with Gasteiger partial charge >= 0.3 is 7.12 Å². The Hall–Kier alpha value is -0.835. The molecule has 0 aromatic heterocycles. The van der Waals surface area contributed by atoms with Crippen molar-refractivity contribution in [2.24, 2.45) is 0 Å². The molecule has 0 unspecified atom stereocenters. The van der Waals surface area contributed by atoms with Gasteiger partial charge in [0.25, 0.3) is 0 Å². The first-order valence-electron chi connectivity index (χ1n) is 4.87. The second-order valence-electron chi connectivity index (χ2n) is 4.16. The topological polar surface area (TPSA) is 32.7 Å². The zero-order chi connectivity index (χ0) is 9.71. The van der Waals surface area contributed by atoms with E-state index in [-0.39, 0.29) is 0 Å². The van der Waals surface area contributed by atoms with Crippen LogP contribution in [-0.2, 0) is 24.4 Å². The second kappa shape index (κ2) is 2.83. The van der Waals surface area contributed by atoms with E-state index in [1.807, 2.05) is 0 Å². The molecule has 0 fully saturated rings. The maximum Gasteiger partial charge on any atom is 0.491 e. The molecule has 0 atom stereocenters. The molecule has 2 heterocycles. The Morgan fingerprint density at radius 2 is 2.00 bits per heavy atom. The van der Waals surface area contributed by atoms with Crippen molar-refractivity contribution >= 4 is 12.6 Å². The molecule has 4 heteroatoms. The fraction of sp³-hybridized carbons (Fsp3) is 0.400. The summed E-state index contributed by atoms with van der Waals surface area (Å²) >= 11 is 0. The van der Waals surface area contributed by atoms with Gasteiger partial charge in [-0.05, 0) is 29.2 Å². The van der Waals surface area contributed by atoms with E-state index < -0.39 is 7.12 Å². The molecule has 72 valence electrons. The molecule has 0 aliphatic carbocycles. The van der Waals surface area contributed by atoms with Crippen molar-refractivity contribution in [3.8, 4) is 0 Å². The third kappa shape index (κ3) is 1.12. The van der Waals surface area contributed by atoms with Crippen molar-refractivity contribution in [3.05, 3.63) is 28.8 Å². The van der Waals surface area contributed by atoms with Crippen LogP contribution in [0.1, 0.15) is 16.7 Å². The Bertz CT molecular complexity index is 394. The Labute approximate surface area is 83.4 Å². The minimum Gasteiger partial charge on any atom is -0.423 e. The van der Waals surface area contributed by atoms with Gasteiger partial charge in [0.05, 0.1) is 6.61 Å². The molecule has 3 rings (SSSR count). The number of hydrogen-bond acceptors (Lipinski definition) is 3. The molecule has 1 aromatic carbocycles. The highest BCUT2D eigenvalue weighted by atomic mass is 16.5. The molecule has 14 heavy (non-hydrogen) atoms. The molecule has 3 nitrogen and oxygen atoms in total. The predicted octanol–water partition coefficient (Wildman–Crippen LogP) is -0.150. The quantitative estimate of drug-likeness (QED) is 0.576. The average molecular weight is 189 g/mol. The third-order valence-electron chi connectivity index (χ3n) is 3.00. The van der Waals surface area contributed by atoms with Gasteiger partial charge in [0.15, 0.2) is 0 Å². The van der Waals surface area contributed by atoms with Gasteiger partial charge in [-0.15, -0.1) is 0 Å². The highest BCUT2D eigenvalue weighted by Gasteiger charge is 2.29. The number of rotatable bonds is 0. The van der Waals surface area contributed by atoms with E-state index in [2.05, 4.69) is 24.1 Å². The minimum absolute atomic E-state index is 0.549. The van der Waals surface area contributed by atoms with Crippen LogP contribution in [0.15, 0.2) is 12.1 Å². The van der Waals surface area contributed by atoms with E-state index in [0.29, 0.717) is 6.61 Å². The Morgan fingerprint density at radius 3 is 2.79 bits per heavy atom. The van der Waals surface area contributed by atoms with Crippen LogP contribution in [0.5, 0.6) is 0 Å². The first kappa shape index (κ1) is 8.47. The van der Waals surface area contributed by atoms with Crippen LogP contribution in [0, 0.1) is 0 Å². The second-order valence-corrected chi connectivity index (χ2v) is 4.16. The van der Waals surface area contributed by atoms with E-state index in [0.717, 1.165) is 24.1 Å². The van der Waals surface area contributed by atoms with Crippen LogP contribution in [0.4, 0.5) is 0 Å². The zero-order valence-electron chi connectivity index (χ0n) is 8.16. The Kier molecular flexibility index (Phi) is 1.71. The van der Waals surface area contributed by atoms with Gasteiger partial charge in [0.1, 0.15) is 0 Å². The predicted molar refractivity (Wildman–Crippen MR) is 54.0 cm³/mol. The normalized spacial score (nSPS) is 20.0. The summed E-state index contributed by atoms with van der Waals surface area (Å²) in [5, 5.41) is 9.54. The Balaban J connectivity index is 2.10. The molecular formula is C10H12BNO2. The van der Waals surface area contributed by atoms with Crippen molar-refractivity contribution < 1.29 is 9.68 Å². The van der Waals surface area contributed by atoms with Gasteiger partial charge in [-0.1, -0.05) is 12.1 Å². The highest BCUT2D eigenvalue weighted by Crippen LogP contribution is 2.23. The highest BCUT2D eigenvalue weighted by molar-refractivity contribution is 6.61. The van der Waals surface area contributed by atoms with E-state index in [4.69, 9.17) is 4.65 Å². The summed E-state index contributed by atoms with van der Waals surface area (Å²) in [6.45, 7) is 2.54. The smallest absolute Gasteiger partial charge is 0.423 e. The monoisotopic (exact) mass is 189 g/mol. The molecule has 0 amide bonds. The summed E-state index contributed by atoms with van der Waals surface area (Å²) in [6, 6.07) is 4.26. The van der Waals surface area contributed by atoms with Crippen molar-refractivity contribution in [2.45, 2.75) is 19.7 Å². The standard InChI is InChI=1S/C10H12BNO2/c1-12-4-7-2-9-6-14-11(13)10(9)3-8(7)5-12/h2-3,13H,4-6H2,1H3. The molecule has 2 aliphatic heterocycles. The van der Waals surface area contributed by atoms with E-state index >= 15 is 0 Å². The van der Waals surface area contributed by atoms with Crippen LogP contribution < -0.4 is 5.46 Å². The first-order valence-corrected chi connectivity index (χ1v) is 4.87. The molecule has 1 aromatic rings. The van der Waals surface area contributed by atoms with Crippen molar-refractivity contribution in [1.29, 1.82) is 0 Å². The average Bonchev–Trinajstić information content (AvgIpc) is 2.66. The van der Waals surface area contributed by atoms with Gasteiger partial charge in [0.2, 0.25) is 0 Å². The summed E-state index contributed by atoms with van der Waals surface area (Å²) in [4.78, 5) is 2.27. The van der Waals surface area contributed by atoms with Gasteiger partial charge in [-0.2, -0.15) is 0 Å². The molecule has 0 bridgehead atoms. The van der Waals surface area contributed by atoms with Crippen LogP contribution in [-0.4, -0.2) is 24.1 Å². The van der Waals surface area contributed by atoms with Crippen LogP contribution in [0.2, 0.25) is 0 Å². The summed E-state index contributed by atoms with van der Waals surface area (Å²) in [5.41, 5.74) is 4.81. The van der Waals surface area contributed by atoms with Crippen molar-refractivity contribution in [2.75, 3.05) is 7.05 Å². The molecule has 0 spiro atoms. The van der Waals surface area contributed by atoms with Gasteiger partial charge in [-0.25, -0.2) is 0 Å². The summed E-state index contributed by atoms with van der Waals surface area (Å²) in [7, 11) is 1.40. The third-order valence-corrected chi connectivity index (χ3v) is 3.00. The zero-order valence-corrected chi connectivity index (χ0v) is 8.16. The number of fused-ring (bicyclic) bond motifs is 2. The van der Waals surface area contributed by atoms with E-state index in [9.17, 15) is 5.02 Å². The van der Waals surface area contributed by atoms with Gasteiger partial charge < -0.3 is 9.68 Å². The SMILES string of the molecule is CN1Cc2cc3c(cc2C1)B(O)OC3. The lowest BCUT2D eigenvalue weighted by molar-refractivity contribution is 0.275. The summed E-state index contributed by atoms with van der Waals surface area (Å²) < 4.78 is 5.17. The maximum atomic E-state index is 9.54. The van der Waals surface area contributed by atoms with Gasteiger partial charge in [-0.3, -0.25) is 4.90 Å². The van der Waals surface area contributed by atoms with E-state index in [1.165, 1.54) is 11.1 Å². The lowest BCUT2D eigenvalue weighted by atomic mass is 9.78. The lowest BCUT2D eigenvalue weighted by Gasteiger charge is -2.02. The molecule has 2 aliphatic rings. The van der Waals surface area contributed by atoms with Crippen LogP contribution in [0.3, 0.4) is 0 Å². The van der Waals surface area contributed by atoms with Crippen LogP contribution in [0.25, 0.3) is 0 Å². The minimum atomic E-state index is -0.707. The largest absolute Gasteiger partial charge is 0.491 e. The van der Waals surface area contributed by atoms with Crippen molar-refractivity contribution in [1.82, 2.24) is 4.90 Å². The molecule has 1 N–H and O–H groups in total. The molecule has 0 saturated heterocycles. The lowest BCUT2D eigenvalue weighted by Crippen LogP contribution is -2.28. The Morgan fingerprint density at radius 1 is 1.29 bits per heavy atom. The van der Waals surface area contributed by atoms with Crippen LogP contribution >= 0.6 is 0 Å². The van der Waals surface area contributed by atoms with Gasteiger partial charge in [0, 0.05) is 13.1 Å². The maximum absolute atomic E-state index is 9.54. The molecule has 0 saturated carbocycles. The fourth-order valence-corrected chi connectivity index (χ4v) is 2.30. The van der Waals surface area contributed by atoms with Crippen molar-refractivity contribution in [3.63, 3.8) is 0 Å². The molecular weight excluding hydrogens is 177 g/mol. The summed E-state index contributed by atoms with van der Waals surface area (Å²) in [5.74, 6) is 0. The number of nitrogens with zero attached hydrogens (tertiary/aromatic N) is 1. The number of benzene rings is 1. The first-order chi connectivity index (χ1) is 6.74. The van der Waals surface area contributed by atoms with E-state index in [1.54, 1.807) is 0 Å².